The second kappa shape index (κ2) is 8.85. The minimum atomic E-state index is -0.249. The maximum atomic E-state index is 13.6. The second-order valence-electron chi connectivity index (χ2n) is 8.23. The molecule has 2 aromatic rings. The highest BCUT2D eigenvalue weighted by molar-refractivity contribution is 6.35. The van der Waals surface area contributed by atoms with Crippen LogP contribution >= 0.6 is 11.6 Å². The number of aryl methyl sites for hydroxylation is 2. The average Bonchev–Trinajstić information content (AvgIpc) is 3.02. The third kappa shape index (κ3) is 4.12. The van der Waals surface area contributed by atoms with Crippen LogP contribution in [0, 0.1) is 13.8 Å². The number of hydrogen-bond donors (Lipinski definition) is 0. The zero-order chi connectivity index (χ0) is 22.1. The Morgan fingerprint density at radius 3 is 2.26 bits per heavy atom. The van der Waals surface area contributed by atoms with Gasteiger partial charge in [0.1, 0.15) is 5.70 Å². The van der Waals surface area contributed by atoms with Gasteiger partial charge in [-0.05, 0) is 48.7 Å². The normalized spacial score (nSPS) is 17.8. The van der Waals surface area contributed by atoms with Crippen molar-refractivity contribution in [1.29, 1.82) is 0 Å². The lowest BCUT2D eigenvalue weighted by Gasteiger charge is -2.36. The summed E-state index contributed by atoms with van der Waals surface area (Å²) in [7, 11) is 0. The molecule has 162 valence electrons. The van der Waals surface area contributed by atoms with Crippen LogP contribution in [0.3, 0.4) is 0 Å². The number of nitrogens with zero attached hydrogens (tertiary/aromatic N) is 3. The maximum absolute atomic E-state index is 13.6. The van der Waals surface area contributed by atoms with Gasteiger partial charge in [-0.3, -0.25) is 14.5 Å². The summed E-state index contributed by atoms with van der Waals surface area (Å²) in [5, 5.41) is 0.556. The van der Waals surface area contributed by atoms with Crippen molar-refractivity contribution in [2.45, 2.75) is 27.3 Å². The Hall–Kier alpha value is -2.63. The lowest BCUT2D eigenvalue weighted by molar-refractivity contribution is -0.138. The first kappa shape index (κ1) is 21.6. The summed E-state index contributed by atoms with van der Waals surface area (Å²) in [4.78, 5) is 32.9. The molecule has 5 nitrogen and oxygen atoms in total. The summed E-state index contributed by atoms with van der Waals surface area (Å²) in [6.45, 7) is 10.6. The van der Waals surface area contributed by atoms with Gasteiger partial charge in [-0.25, -0.2) is 0 Å². The van der Waals surface area contributed by atoms with Gasteiger partial charge in [0.2, 0.25) is 0 Å². The first-order chi connectivity index (χ1) is 14.9. The number of rotatable bonds is 5. The molecule has 0 aromatic heterocycles. The largest absolute Gasteiger partial charge is 0.364 e. The number of benzene rings is 2. The summed E-state index contributed by atoms with van der Waals surface area (Å²) in [5.41, 5.74) is 4.86. The van der Waals surface area contributed by atoms with E-state index in [0.29, 0.717) is 16.3 Å². The molecule has 0 spiro atoms. The van der Waals surface area contributed by atoms with Crippen molar-refractivity contribution in [2.75, 3.05) is 32.7 Å². The molecular weight excluding hydrogens is 410 g/mol. The average molecular weight is 438 g/mol. The Kier molecular flexibility index (Phi) is 6.17. The standard InChI is InChI=1S/C25H28ClN3O2/c1-4-27-11-13-28(14-12-27)23-22(19-10-9-17(2)18(3)15-19)24(30)29(25(23)31)16-20-7-5-6-8-21(20)26/h5-10,15H,4,11-14,16H2,1-3H3. The van der Waals surface area contributed by atoms with Gasteiger partial charge < -0.3 is 9.80 Å². The molecule has 6 heteroatoms. The predicted molar refractivity (Wildman–Crippen MR) is 124 cm³/mol. The molecule has 0 unspecified atom stereocenters. The fraction of sp³-hybridized carbons (Fsp3) is 0.360. The molecule has 0 saturated carbocycles. The summed E-state index contributed by atoms with van der Waals surface area (Å²) in [5.74, 6) is -0.482. The monoisotopic (exact) mass is 437 g/mol. The van der Waals surface area contributed by atoms with Gasteiger partial charge in [-0.15, -0.1) is 0 Å². The van der Waals surface area contributed by atoms with Crippen molar-refractivity contribution in [2.24, 2.45) is 0 Å². The zero-order valence-electron chi connectivity index (χ0n) is 18.3. The van der Waals surface area contributed by atoms with Crippen LogP contribution in [0.15, 0.2) is 48.2 Å². The molecular formula is C25H28ClN3O2. The molecule has 4 rings (SSSR count). The number of imide groups is 1. The van der Waals surface area contributed by atoms with E-state index >= 15 is 0 Å². The van der Waals surface area contributed by atoms with Crippen molar-refractivity contribution < 1.29 is 9.59 Å². The quantitative estimate of drug-likeness (QED) is 0.666. The number of halogens is 1. The number of carbonyl (C=O) groups excluding carboxylic acids is 2. The molecule has 0 bridgehead atoms. The molecule has 0 N–H and O–H groups in total. The van der Waals surface area contributed by atoms with E-state index in [4.69, 9.17) is 11.6 Å². The molecule has 0 atom stereocenters. The molecule has 0 aliphatic carbocycles. The Labute approximate surface area is 188 Å². The maximum Gasteiger partial charge on any atom is 0.278 e. The molecule has 2 aromatic carbocycles. The highest BCUT2D eigenvalue weighted by Gasteiger charge is 2.42. The summed E-state index contributed by atoms with van der Waals surface area (Å²) in [6, 6.07) is 13.3. The van der Waals surface area contributed by atoms with Crippen molar-refractivity contribution in [3.8, 4) is 0 Å². The number of amides is 2. The molecule has 1 fully saturated rings. The lowest BCUT2D eigenvalue weighted by Crippen LogP contribution is -2.47. The van der Waals surface area contributed by atoms with Crippen LogP contribution in [0.1, 0.15) is 29.2 Å². The van der Waals surface area contributed by atoms with Gasteiger partial charge in [-0.1, -0.05) is 54.9 Å². The molecule has 31 heavy (non-hydrogen) atoms. The van der Waals surface area contributed by atoms with Crippen LogP contribution in [0.5, 0.6) is 0 Å². The van der Waals surface area contributed by atoms with E-state index in [1.165, 1.54) is 4.90 Å². The lowest BCUT2D eigenvalue weighted by atomic mass is 9.99. The van der Waals surface area contributed by atoms with E-state index < -0.39 is 0 Å². The second-order valence-corrected chi connectivity index (χ2v) is 8.64. The van der Waals surface area contributed by atoms with Crippen molar-refractivity contribution in [3.05, 3.63) is 75.4 Å². The van der Waals surface area contributed by atoms with Crippen molar-refractivity contribution in [3.63, 3.8) is 0 Å². The van der Waals surface area contributed by atoms with E-state index in [1.807, 2.05) is 50.2 Å². The molecule has 0 radical (unpaired) electrons. The zero-order valence-corrected chi connectivity index (χ0v) is 19.1. The van der Waals surface area contributed by atoms with Crippen molar-refractivity contribution in [1.82, 2.24) is 14.7 Å². The summed E-state index contributed by atoms with van der Waals surface area (Å²) < 4.78 is 0. The van der Waals surface area contributed by atoms with Crippen LogP contribution in [-0.4, -0.2) is 59.2 Å². The van der Waals surface area contributed by atoms with E-state index in [0.717, 1.165) is 55.0 Å². The smallest absolute Gasteiger partial charge is 0.278 e. The third-order valence-corrected chi connectivity index (χ3v) is 6.73. The van der Waals surface area contributed by atoms with Gasteiger partial charge in [0.25, 0.3) is 11.8 Å². The van der Waals surface area contributed by atoms with Crippen LogP contribution in [0.2, 0.25) is 5.02 Å². The molecule has 2 heterocycles. The fourth-order valence-electron chi connectivity index (χ4n) is 4.24. The Balaban J connectivity index is 1.74. The third-order valence-electron chi connectivity index (χ3n) is 6.36. The Morgan fingerprint density at radius 2 is 1.61 bits per heavy atom. The van der Waals surface area contributed by atoms with E-state index in [2.05, 4.69) is 16.7 Å². The Bertz CT molecular complexity index is 1050. The number of piperazine rings is 1. The fourth-order valence-corrected chi connectivity index (χ4v) is 4.44. The molecule has 2 amide bonds. The van der Waals surface area contributed by atoms with Crippen LogP contribution in [0.25, 0.3) is 5.57 Å². The van der Waals surface area contributed by atoms with Gasteiger partial charge in [0, 0.05) is 31.2 Å². The summed E-state index contributed by atoms with van der Waals surface area (Å²) >= 11 is 6.33. The van der Waals surface area contributed by atoms with Crippen LogP contribution in [0.4, 0.5) is 0 Å². The number of likely N-dealkylation sites (N-methyl/N-ethyl adjacent to an activating group) is 1. The van der Waals surface area contributed by atoms with E-state index in [1.54, 1.807) is 6.07 Å². The molecule has 1 saturated heterocycles. The summed E-state index contributed by atoms with van der Waals surface area (Å²) in [6.07, 6.45) is 0. The highest BCUT2D eigenvalue weighted by atomic mass is 35.5. The van der Waals surface area contributed by atoms with E-state index in [-0.39, 0.29) is 18.4 Å². The predicted octanol–water partition coefficient (Wildman–Crippen LogP) is 3.87. The Morgan fingerprint density at radius 1 is 0.903 bits per heavy atom. The minimum absolute atomic E-state index is 0.171. The van der Waals surface area contributed by atoms with Gasteiger partial charge in [-0.2, -0.15) is 0 Å². The van der Waals surface area contributed by atoms with Crippen LogP contribution in [-0.2, 0) is 16.1 Å². The number of hydrogen-bond acceptors (Lipinski definition) is 4. The van der Waals surface area contributed by atoms with Gasteiger partial charge in [0.15, 0.2) is 0 Å². The number of carbonyl (C=O) groups is 2. The first-order valence-corrected chi connectivity index (χ1v) is 11.2. The van der Waals surface area contributed by atoms with E-state index in [9.17, 15) is 9.59 Å². The van der Waals surface area contributed by atoms with Gasteiger partial charge in [0.05, 0.1) is 12.1 Å². The van der Waals surface area contributed by atoms with Gasteiger partial charge >= 0.3 is 0 Å². The highest BCUT2D eigenvalue weighted by Crippen LogP contribution is 2.34. The molecule has 2 aliphatic rings. The minimum Gasteiger partial charge on any atom is -0.364 e. The van der Waals surface area contributed by atoms with Crippen LogP contribution < -0.4 is 0 Å². The molecule has 2 aliphatic heterocycles. The van der Waals surface area contributed by atoms with Crippen molar-refractivity contribution >= 4 is 29.0 Å². The topological polar surface area (TPSA) is 43.9 Å². The SMILES string of the molecule is CCN1CCN(C2=C(c3ccc(C)c(C)c3)C(=O)N(Cc3ccccc3Cl)C2=O)CC1. The first-order valence-electron chi connectivity index (χ1n) is 10.8.